The van der Waals surface area contributed by atoms with E-state index in [0.29, 0.717) is 0 Å². The van der Waals surface area contributed by atoms with Crippen molar-refractivity contribution in [1.29, 1.82) is 0 Å². The maximum Gasteiger partial charge on any atom is 0.305 e. The summed E-state index contributed by atoms with van der Waals surface area (Å²) in [6, 6.07) is 0. The first-order chi connectivity index (χ1) is 3.13. The summed E-state index contributed by atoms with van der Waals surface area (Å²) in [5.74, 6) is -0.963. The zero-order valence-electron chi connectivity index (χ0n) is 4.50. The second-order valence-corrected chi connectivity index (χ2v) is 1.45. The molecule has 0 aromatic carbocycles. The molecule has 0 heterocycles. The van der Waals surface area contributed by atoms with Gasteiger partial charge in [0, 0.05) is 0 Å². The van der Waals surface area contributed by atoms with Crippen molar-refractivity contribution in [3.05, 3.63) is 0 Å². The van der Waals surface area contributed by atoms with Gasteiger partial charge in [-0.1, -0.05) is 0 Å². The minimum absolute atomic E-state index is 0. The quantitative estimate of drug-likeness (QED) is 0.655. The number of aliphatic carboxylic acids is 1. The van der Waals surface area contributed by atoms with Gasteiger partial charge in [-0.15, -0.1) is 17.0 Å². The number of carbonyl (C=O) groups is 1. The molecular formula is C4H9BrO3. The van der Waals surface area contributed by atoms with Gasteiger partial charge in [-0.25, -0.2) is 0 Å². The summed E-state index contributed by atoms with van der Waals surface area (Å²) >= 11 is 0. The number of carboxylic acid groups (broad SMARTS) is 1. The van der Waals surface area contributed by atoms with Crippen LogP contribution in [0.15, 0.2) is 0 Å². The Morgan fingerprint density at radius 1 is 1.75 bits per heavy atom. The van der Waals surface area contributed by atoms with Gasteiger partial charge in [-0.2, -0.15) is 0 Å². The zero-order valence-corrected chi connectivity index (χ0v) is 6.21. The highest BCUT2D eigenvalue weighted by atomic mass is 79.9. The predicted octanol–water partition coefficient (Wildman–Crippen LogP) is 0.420. The number of hydrogen-bond donors (Lipinski definition) is 2. The minimum Gasteiger partial charge on any atom is -0.481 e. The van der Waals surface area contributed by atoms with Crippen molar-refractivity contribution >= 4 is 23.0 Å². The maximum atomic E-state index is 9.65. The van der Waals surface area contributed by atoms with Gasteiger partial charge in [0.05, 0.1) is 12.5 Å². The zero-order chi connectivity index (χ0) is 5.86. The first-order valence-electron chi connectivity index (χ1n) is 2.03. The topological polar surface area (TPSA) is 57.5 Å². The number of rotatable bonds is 2. The lowest BCUT2D eigenvalue weighted by Gasteiger charge is -1.94. The van der Waals surface area contributed by atoms with Gasteiger partial charge in [0.25, 0.3) is 0 Å². The molecule has 0 aliphatic rings. The molecule has 50 valence electrons. The van der Waals surface area contributed by atoms with E-state index in [4.69, 9.17) is 10.2 Å². The van der Waals surface area contributed by atoms with Crippen molar-refractivity contribution in [2.45, 2.75) is 19.4 Å². The average Bonchev–Trinajstić information content (AvgIpc) is 1.27. The van der Waals surface area contributed by atoms with E-state index in [1.807, 2.05) is 0 Å². The molecule has 4 heteroatoms. The van der Waals surface area contributed by atoms with Crippen molar-refractivity contribution in [2.75, 3.05) is 0 Å². The third kappa shape index (κ3) is 9.32. The molecule has 0 amide bonds. The van der Waals surface area contributed by atoms with E-state index in [0.717, 1.165) is 0 Å². The molecule has 0 fully saturated rings. The molecule has 3 nitrogen and oxygen atoms in total. The minimum atomic E-state index is -0.963. The van der Waals surface area contributed by atoms with E-state index in [-0.39, 0.29) is 23.4 Å². The Balaban J connectivity index is 0. The fraction of sp³-hybridized carbons (Fsp3) is 0.750. The molecule has 0 radical (unpaired) electrons. The van der Waals surface area contributed by atoms with Gasteiger partial charge >= 0.3 is 5.97 Å². The van der Waals surface area contributed by atoms with Crippen LogP contribution < -0.4 is 0 Å². The van der Waals surface area contributed by atoms with E-state index in [9.17, 15) is 4.79 Å². The van der Waals surface area contributed by atoms with Crippen molar-refractivity contribution in [3.63, 3.8) is 0 Å². The summed E-state index contributed by atoms with van der Waals surface area (Å²) in [6.45, 7) is 1.44. The lowest BCUT2D eigenvalue weighted by Crippen LogP contribution is -2.07. The van der Waals surface area contributed by atoms with Gasteiger partial charge in [-0.05, 0) is 6.92 Å². The lowest BCUT2D eigenvalue weighted by atomic mass is 10.3. The Morgan fingerprint density at radius 3 is 2.12 bits per heavy atom. The molecule has 1 atom stereocenters. The summed E-state index contributed by atoms with van der Waals surface area (Å²) < 4.78 is 0. The summed E-state index contributed by atoms with van der Waals surface area (Å²) in [4.78, 5) is 9.65. The molecular weight excluding hydrogens is 176 g/mol. The Labute approximate surface area is 58.1 Å². The lowest BCUT2D eigenvalue weighted by molar-refractivity contribution is -0.138. The SMILES string of the molecule is Br.CC(O)CC(=O)O. The van der Waals surface area contributed by atoms with Crippen molar-refractivity contribution in [2.24, 2.45) is 0 Å². The second-order valence-electron chi connectivity index (χ2n) is 1.45. The second kappa shape index (κ2) is 5.05. The van der Waals surface area contributed by atoms with Crippen molar-refractivity contribution in [3.8, 4) is 0 Å². The highest BCUT2D eigenvalue weighted by molar-refractivity contribution is 8.93. The molecule has 0 bridgehead atoms. The van der Waals surface area contributed by atoms with Crippen LogP contribution in [0.3, 0.4) is 0 Å². The molecule has 0 aromatic rings. The Morgan fingerprint density at radius 2 is 2.12 bits per heavy atom. The molecule has 0 rings (SSSR count). The van der Waals surface area contributed by atoms with Crippen LogP contribution in [0.1, 0.15) is 13.3 Å². The molecule has 0 saturated heterocycles. The highest BCUT2D eigenvalue weighted by Gasteiger charge is 2.00. The van der Waals surface area contributed by atoms with E-state index >= 15 is 0 Å². The average molecular weight is 185 g/mol. The van der Waals surface area contributed by atoms with E-state index in [1.165, 1.54) is 6.92 Å². The molecule has 8 heavy (non-hydrogen) atoms. The molecule has 0 aromatic heterocycles. The standard InChI is InChI=1S/C4H8O3.BrH/c1-3(5)2-4(6)7;/h3,5H,2H2,1H3,(H,6,7);1H. The van der Waals surface area contributed by atoms with Crippen LogP contribution in [-0.2, 0) is 4.79 Å². The first-order valence-corrected chi connectivity index (χ1v) is 2.03. The maximum absolute atomic E-state index is 9.65. The van der Waals surface area contributed by atoms with E-state index < -0.39 is 12.1 Å². The van der Waals surface area contributed by atoms with Crippen LogP contribution in [-0.4, -0.2) is 22.3 Å². The molecule has 0 spiro atoms. The first kappa shape index (κ1) is 10.8. The van der Waals surface area contributed by atoms with Crippen LogP contribution in [0.5, 0.6) is 0 Å². The van der Waals surface area contributed by atoms with Crippen LogP contribution in [0, 0.1) is 0 Å². The summed E-state index contributed by atoms with van der Waals surface area (Å²) in [5, 5.41) is 16.3. The van der Waals surface area contributed by atoms with Gasteiger partial charge in [0.1, 0.15) is 0 Å². The summed E-state index contributed by atoms with van der Waals surface area (Å²) in [6.07, 6.45) is -0.891. The Kier molecular flexibility index (Phi) is 6.83. The van der Waals surface area contributed by atoms with Crippen LogP contribution in [0.2, 0.25) is 0 Å². The third-order valence-corrected chi connectivity index (χ3v) is 0.470. The largest absolute Gasteiger partial charge is 0.481 e. The van der Waals surface area contributed by atoms with Crippen LogP contribution >= 0.6 is 17.0 Å². The van der Waals surface area contributed by atoms with E-state index in [2.05, 4.69) is 0 Å². The summed E-state index contributed by atoms with van der Waals surface area (Å²) in [7, 11) is 0. The van der Waals surface area contributed by atoms with E-state index in [1.54, 1.807) is 0 Å². The number of aliphatic hydroxyl groups is 1. The normalized spacial score (nSPS) is 11.8. The fourth-order valence-electron chi connectivity index (χ4n) is 0.253. The monoisotopic (exact) mass is 184 g/mol. The van der Waals surface area contributed by atoms with Crippen LogP contribution in [0.4, 0.5) is 0 Å². The van der Waals surface area contributed by atoms with Crippen molar-refractivity contribution < 1.29 is 15.0 Å². The number of carboxylic acids is 1. The Hall–Kier alpha value is -0.0900. The van der Waals surface area contributed by atoms with Gasteiger partial charge in [-0.3, -0.25) is 4.79 Å². The number of aliphatic hydroxyl groups excluding tert-OH is 1. The number of hydrogen-bond acceptors (Lipinski definition) is 2. The highest BCUT2D eigenvalue weighted by Crippen LogP contribution is 1.85. The Bertz CT molecular complexity index is 71.7. The molecule has 2 N–H and O–H groups in total. The molecule has 0 aliphatic heterocycles. The van der Waals surface area contributed by atoms with Crippen molar-refractivity contribution in [1.82, 2.24) is 0 Å². The number of halogens is 1. The van der Waals surface area contributed by atoms with Gasteiger partial charge < -0.3 is 10.2 Å². The van der Waals surface area contributed by atoms with Gasteiger partial charge in [0.2, 0.25) is 0 Å². The van der Waals surface area contributed by atoms with Gasteiger partial charge in [0.15, 0.2) is 0 Å². The molecule has 0 aliphatic carbocycles. The van der Waals surface area contributed by atoms with Crippen LogP contribution in [0.25, 0.3) is 0 Å². The summed E-state index contributed by atoms with van der Waals surface area (Å²) in [5.41, 5.74) is 0. The fourth-order valence-corrected chi connectivity index (χ4v) is 0.253. The molecule has 1 unspecified atom stereocenters. The third-order valence-electron chi connectivity index (χ3n) is 0.470. The predicted molar refractivity (Wildman–Crippen MR) is 34.3 cm³/mol. The molecule has 0 saturated carbocycles. The smallest absolute Gasteiger partial charge is 0.305 e.